The van der Waals surface area contributed by atoms with E-state index in [-0.39, 0.29) is 11.8 Å². The molecule has 25 heavy (non-hydrogen) atoms. The van der Waals surface area contributed by atoms with Crippen LogP contribution in [0.1, 0.15) is 74.2 Å². The minimum absolute atomic E-state index is 0.0600. The summed E-state index contributed by atoms with van der Waals surface area (Å²) in [4.78, 5) is 27.7. The number of piperidine rings is 1. The molecule has 3 rings (SSSR count). The topological polar surface area (TPSA) is 75.4 Å². The molecule has 6 heteroatoms. The number of hydrogen-bond acceptors (Lipinski definition) is 4. The second kappa shape index (κ2) is 7.18. The molecule has 0 unspecified atom stereocenters. The first-order chi connectivity index (χ1) is 11.9. The molecule has 0 spiro atoms. The maximum absolute atomic E-state index is 13.0. The highest BCUT2D eigenvalue weighted by Crippen LogP contribution is 2.32. The van der Waals surface area contributed by atoms with Gasteiger partial charge in [-0.05, 0) is 46.0 Å². The molecular weight excluding hydrogens is 318 g/mol. The Kier molecular flexibility index (Phi) is 5.16. The molecule has 1 atom stereocenters. The molecule has 0 bridgehead atoms. The molecule has 1 N–H and O–H groups in total. The Hall–Kier alpha value is -1.85. The first-order valence-corrected chi connectivity index (χ1v) is 9.50. The van der Waals surface area contributed by atoms with Crippen LogP contribution in [-0.2, 0) is 11.2 Å². The van der Waals surface area contributed by atoms with Crippen LogP contribution in [0.2, 0.25) is 0 Å². The van der Waals surface area contributed by atoms with E-state index in [1.54, 1.807) is 11.8 Å². The molecule has 1 saturated heterocycles. The van der Waals surface area contributed by atoms with Crippen LogP contribution in [-0.4, -0.2) is 41.0 Å². The third-order valence-corrected chi connectivity index (χ3v) is 5.70. The number of nitrogens with one attached hydrogen (secondary N) is 1. The molecule has 0 radical (unpaired) electrons. The average molecular weight is 347 g/mol. The molecule has 1 aromatic heterocycles. The molecule has 2 heterocycles. The number of hydrogen-bond donors (Lipinski definition) is 1. The third-order valence-electron chi connectivity index (χ3n) is 5.70. The fourth-order valence-corrected chi connectivity index (χ4v) is 4.12. The molecular formula is C19H29N3O3. The summed E-state index contributed by atoms with van der Waals surface area (Å²) in [5.74, 6) is 0.592. The van der Waals surface area contributed by atoms with Crippen molar-refractivity contribution in [3.05, 3.63) is 17.0 Å². The second-order valence-electron chi connectivity index (χ2n) is 7.76. The van der Waals surface area contributed by atoms with Crippen molar-refractivity contribution in [2.75, 3.05) is 13.1 Å². The zero-order valence-corrected chi connectivity index (χ0v) is 15.6. The van der Waals surface area contributed by atoms with Gasteiger partial charge < -0.3 is 14.7 Å². The standard InChI is InChI=1S/C19H29N3O3/c1-4-15-16(13(2)25-21-15)17(23)22-11-7-10-19(3,12-22)18(24)20-14-8-5-6-9-14/h14H,4-12H2,1-3H3,(H,20,24)/t19-/m0/s1. The van der Waals surface area contributed by atoms with Gasteiger partial charge in [-0.2, -0.15) is 0 Å². The Morgan fingerprint density at radius 2 is 2.04 bits per heavy atom. The summed E-state index contributed by atoms with van der Waals surface area (Å²) in [5.41, 5.74) is 0.752. The molecule has 138 valence electrons. The molecule has 1 aliphatic carbocycles. The van der Waals surface area contributed by atoms with E-state index in [4.69, 9.17) is 4.52 Å². The molecule has 6 nitrogen and oxygen atoms in total. The summed E-state index contributed by atoms with van der Waals surface area (Å²) < 4.78 is 5.21. The lowest BCUT2D eigenvalue weighted by molar-refractivity contribution is -0.133. The van der Waals surface area contributed by atoms with E-state index in [0.29, 0.717) is 42.6 Å². The van der Waals surface area contributed by atoms with Gasteiger partial charge in [-0.1, -0.05) is 24.9 Å². The third kappa shape index (κ3) is 3.58. The maximum atomic E-state index is 13.0. The van der Waals surface area contributed by atoms with Gasteiger partial charge in [0.2, 0.25) is 5.91 Å². The van der Waals surface area contributed by atoms with Crippen LogP contribution in [0.25, 0.3) is 0 Å². The maximum Gasteiger partial charge on any atom is 0.259 e. The number of likely N-dealkylation sites (tertiary alicyclic amines) is 1. The number of nitrogens with zero attached hydrogens (tertiary/aromatic N) is 2. The summed E-state index contributed by atoms with van der Waals surface area (Å²) in [6.07, 6.45) is 6.85. The molecule has 0 aromatic carbocycles. The summed E-state index contributed by atoms with van der Waals surface area (Å²) in [7, 11) is 0. The van der Waals surface area contributed by atoms with Crippen molar-refractivity contribution in [1.82, 2.24) is 15.4 Å². The Morgan fingerprint density at radius 3 is 2.72 bits per heavy atom. The van der Waals surface area contributed by atoms with Gasteiger partial charge in [-0.25, -0.2) is 0 Å². The van der Waals surface area contributed by atoms with E-state index in [0.717, 1.165) is 25.7 Å². The van der Waals surface area contributed by atoms with E-state index >= 15 is 0 Å². The molecule has 2 fully saturated rings. The first-order valence-electron chi connectivity index (χ1n) is 9.50. The van der Waals surface area contributed by atoms with Gasteiger partial charge in [0.15, 0.2) is 0 Å². The predicted molar refractivity (Wildman–Crippen MR) is 94.3 cm³/mol. The fraction of sp³-hybridized carbons (Fsp3) is 0.737. The largest absolute Gasteiger partial charge is 0.361 e. The van der Waals surface area contributed by atoms with Gasteiger partial charge >= 0.3 is 0 Å². The van der Waals surface area contributed by atoms with Crippen LogP contribution in [0.3, 0.4) is 0 Å². The van der Waals surface area contributed by atoms with Crippen molar-refractivity contribution >= 4 is 11.8 Å². The van der Waals surface area contributed by atoms with Crippen LogP contribution in [0.4, 0.5) is 0 Å². The van der Waals surface area contributed by atoms with Gasteiger partial charge in [0.25, 0.3) is 5.91 Å². The van der Waals surface area contributed by atoms with Gasteiger partial charge in [0.1, 0.15) is 11.3 Å². The number of aryl methyl sites for hydroxylation is 2. The Balaban J connectivity index is 1.72. The van der Waals surface area contributed by atoms with Gasteiger partial charge in [0, 0.05) is 19.1 Å². The van der Waals surface area contributed by atoms with Crippen LogP contribution in [0.15, 0.2) is 4.52 Å². The number of carbonyl (C=O) groups excluding carboxylic acids is 2. The first kappa shape index (κ1) is 18.0. The second-order valence-corrected chi connectivity index (χ2v) is 7.76. The molecule has 1 aliphatic heterocycles. The number of rotatable bonds is 4. The summed E-state index contributed by atoms with van der Waals surface area (Å²) in [6, 6.07) is 0.308. The Morgan fingerprint density at radius 1 is 1.32 bits per heavy atom. The predicted octanol–water partition coefficient (Wildman–Crippen LogP) is 2.85. The summed E-state index contributed by atoms with van der Waals surface area (Å²) in [5, 5.41) is 7.20. The summed E-state index contributed by atoms with van der Waals surface area (Å²) in [6.45, 7) is 6.85. The van der Waals surface area contributed by atoms with E-state index in [2.05, 4.69) is 10.5 Å². The molecule has 1 saturated carbocycles. The highest BCUT2D eigenvalue weighted by molar-refractivity contribution is 5.96. The Labute approximate surface area is 149 Å². The van der Waals surface area contributed by atoms with Crippen molar-refractivity contribution in [3.8, 4) is 0 Å². The van der Waals surface area contributed by atoms with Crippen molar-refractivity contribution < 1.29 is 14.1 Å². The molecule has 2 amide bonds. The Bertz CT molecular complexity index is 648. The number of carbonyl (C=O) groups is 2. The quantitative estimate of drug-likeness (QED) is 0.909. The van der Waals surface area contributed by atoms with Gasteiger partial charge in [-0.3, -0.25) is 9.59 Å². The lowest BCUT2D eigenvalue weighted by Gasteiger charge is -2.39. The number of aromatic nitrogens is 1. The van der Waals surface area contributed by atoms with E-state index < -0.39 is 5.41 Å². The monoisotopic (exact) mass is 347 g/mol. The van der Waals surface area contributed by atoms with E-state index in [1.807, 2.05) is 13.8 Å². The van der Waals surface area contributed by atoms with Gasteiger partial charge in [0.05, 0.1) is 11.1 Å². The molecule has 2 aliphatic rings. The average Bonchev–Trinajstić information content (AvgIpc) is 3.23. The van der Waals surface area contributed by atoms with Crippen molar-refractivity contribution in [2.24, 2.45) is 5.41 Å². The van der Waals surface area contributed by atoms with Crippen molar-refractivity contribution in [1.29, 1.82) is 0 Å². The normalized spacial score (nSPS) is 24.5. The van der Waals surface area contributed by atoms with Crippen LogP contribution >= 0.6 is 0 Å². The van der Waals surface area contributed by atoms with Gasteiger partial charge in [-0.15, -0.1) is 0 Å². The van der Waals surface area contributed by atoms with Crippen molar-refractivity contribution in [2.45, 2.75) is 71.8 Å². The zero-order valence-electron chi connectivity index (χ0n) is 15.6. The van der Waals surface area contributed by atoms with Crippen molar-refractivity contribution in [3.63, 3.8) is 0 Å². The van der Waals surface area contributed by atoms with E-state index in [9.17, 15) is 9.59 Å². The minimum Gasteiger partial charge on any atom is -0.361 e. The lowest BCUT2D eigenvalue weighted by Crippen LogP contribution is -2.53. The SMILES string of the molecule is CCc1noc(C)c1C(=O)N1CCC[C@](C)(C(=O)NC2CCCC2)C1. The van der Waals surface area contributed by atoms with Crippen LogP contribution in [0.5, 0.6) is 0 Å². The highest BCUT2D eigenvalue weighted by Gasteiger charge is 2.41. The van der Waals surface area contributed by atoms with Crippen LogP contribution in [0, 0.1) is 12.3 Å². The minimum atomic E-state index is -0.520. The number of amides is 2. The highest BCUT2D eigenvalue weighted by atomic mass is 16.5. The lowest BCUT2D eigenvalue weighted by atomic mass is 9.80. The summed E-state index contributed by atoms with van der Waals surface area (Å²) >= 11 is 0. The fourth-order valence-electron chi connectivity index (χ4n) is 4.12. The smallest absolute Gasteiger partial charge is 0.259 e. The van der Waals surface area contributed by atoms with Crippen LogP contribution < -0.4 is 5.32 Å². The van der Waals surface area contributed by atoms with E-state index in [1.165, 1.54) is 12.8 Å². The molecule has 1 aromatic rings. The zero-order chi connectivity index (χ0) is 18.0.